The molecule has 0 unspecified atom stereocenters. The summed E-state index contributed by atoms with van der Waals surface area (Å²) >= 11 is 1.10. The van der Waals surface area contributed by atoms with E-state index >= 15 is 0 Å². The first kappa shape index (κ1) is 22.1. The lowest BCUT2D eigenvalue weighted by atomic mass is 9.85. The van der Waals surface area contributed by atoms with Crippen LogP contribution in [-0.2, 0) is 22.2 Å². The van der Waals surface area contributed by atoms with E-state index < -0.39 is 0 Å². The topological polar surface area (TPSA) is 38.7 Å². The molecule has 0 radical (unpaired) electrons. The molecule has 2 saturated carbocycles. The van der Waals surface area contributed by atoms with Crippen LogP contribution in [0.4, 0.5) is 0 Å². The smallest absolute Gasteiger partial charge is 0.0714 e. The summed E-state index contributed by atoms with van der Waals surface area (Å²) < 4.78 is 4.70. The van der Waals surface area contributed by atoms with Crippen molar-refractivity contribution in [2.75, 3.05) is 0 Å². The van der Waals surface area contributed by atoms with Gasteiger partial charge < -0.3 is 0 Å². The Balaban J connectivity index is 1.49. The Morgan fingerprint density at radius 3 is 1.71 bits per heavy atom. The fourth-order valence-corrected chi connectivity index (χ4v) is 5.77. The fraction of sp³-hybridized carbons (Fsp3) is 0.750. The average Bonchev–Trinajstić information content (AvgIpc) is 2.74. The van der Waals surface area contributed by atoms with E-state index in [1.54, 1.807) is 0 Å². The van der Waals surface area contributed by atoms with Crippen molar-refractivity contribution in [2.24, 2.45) is 11.8 Å². The van der Waals surface area contributed by atoms with E-state index in [-0.39, 0.29) is 0 Å². The molecule has 0 heterocycles. The van der Waals surface area contributed by atoms with Crippen LogP contribution in [0.25, 0.3) is 0 Å². The predicted octanol–water partition coefficient (Wildman–Crippen LogP) is 7.92. The molecule has 0 aliphatic heterocycles. The molecule has 1 aromatic rings. The van der Waals surface area contributed by atoms with E-state index in [9.17, 15) is 0 Å². The second-order valence-corrected chi connectivity index (χ2v) is 9.78. The van der Waals surface area contributed by atoms with Crippen LogP contribution in [0, 0.1) is 11.8 Å². The quantitative estimate of drug-likeness (QED) is 0.230. The minimum Gasteiger partial charge on any atom is -0.220 e. The number of hydrogen-bond acceptors (Lipinski definition) is 4. The molecule has 2 aliphatic rings. The molecule has 3 rings (SSSR count). The second-order valence-electron chi connectivity index (χ2n) is 9.00. The summed E-state index contributed by atoms with van der Waals surface area (Å²) in [6.07, 6.45) is 21.9. The van der Waals surface area contributed by atoms with E-state index in [2.05, 4.69) is 23.2 Å². The molecular formula is C24H38O3S. The van der Waals surface area contributed by atoms with Gasteiger partial charge in [0.15, 0.2) is 0 Å². The molecular weight excluding hydrogens is 368 g/mol. The van der Waals surface area contributed by atoms with E-state index in [1.807, 2.05) is 0 Å². The maximum Gasteiger partial charge on any atom is 0.0714 e. The maximum absolute atomic E-state index is 8.49. The molecule has 0 amide bonds. The molecule has 1 aromatic carbocycles. The normalized spacial score (nSPS) is 19.2. The molecule has 2 fully saturated rings. The minimum absolute atomic E-state index is 0.951. The molecule has 158 valence electrons. The highest BCUT2D eigenvalue weighted by Crippen LogP contribution is 2.30. The van der Waals surface area contributed by atoms with Gasteiger partial charge in [0.2, 0.25) is 0 Å². The highest BCUT2D eigenvalue weighted by atomic mass is 32.2. The maximum atomic E-state index is 8.49. The Morgan fingerprint density at radius 1 is 0.750 bits per heavy atom. The molecule has 2 aliphatic carbocycles. The third-order valence-electron chi connectivity index (χ3n) is 6.79. The van der Waals surface area contributed by atoms with Crippen LogP contribution in [0.2, 0.25) is 0 Å². The summed E-state index contributed by atoms with van der Waals surface area (Å²) in [5, 5.41) is 12.3. The first-order chi connectivity index (χ1) is 13.8. The van der Waals surface area contributed by atoms with Crippen molar-refractivity contribution in [1.82, 2.24) is 0 Å². The predicted molar refractivity (Wildman–Crippen MR) is 116 cm³/mol. The van der Waals surface area contributed by atoms with Crippen molar-refractivity contribution < 1.29 is 14.6 Å². The molecule has 0 aromatic heterocycles. The van der Waals surface area contributed by atoms with Gasteiger partial charge in [-0.05, 0) is 60.8 Å². The van der Waals surface area contributed by atoms with E-state index in [0.29, 0.717) is 0 Å². The van der Waals surface area contributed by atoms with Gasteiger partial charge in [0.1, 0.15) is 0 Å². The van der Waals surface area contributed by atoms with Gasteiger partial charge in [-0.1, -0.05) is 88.2 Å². The van der Waals surface area contributed by atoms with Crippen molar-refractivity contribution in [3.63, 3.8) is 0 Å². The van der Waals surface area contributed by atoms with Crippen molar-refractivity contribution >= 4 is 12.0 Å². The number of rotatable bonds is 11. The molecule has 0 bridgehead atoms. The van der Waals surface area contributed by atoms with Crippen LogP contribution in [0.1, 0.15) is 101 Å². The number of aryl methyl sites for hydroxylation is 2. The lowest BCUT2D eigenvalue weighted by Crippen LogP contribution is -2.07. The van der Waals surface area contributed by atoms with Gasteiger partial charge in [-0.2, -0.15) is 0 Å². The van der Waals surface area contributed by atoms with E-state index in [4.69, 9.17) is 9.59 Å². The molecule has 0 atom stereocenters. The highest BCUT2D eigenvalue weighted by Gasteiger charge is 2.14. The third-order valence-corrected chi connectivity index (χ3v) is 7.35. The number of hydrogen-bond donors (Lipinski definition) is 1. The summed E-state index contributed by atoms with van der Waals surface area (Å²) in [6.45, 7) is 0. The van der Waals surface area contributed by atoms with Crippen molar-refractivity contribution in [3.8, 4) is 0 Å². The number of benzene rings is 1. The summed E-state index contributed by atoms with van der Waals surface area (Å²) in [4.78, 5) is 1.02. The lowest BCUT2D eigenvalue weighted by molar-refractivity contribution is -0.432. The Morgan fingerprint density at radius 2 is 1.25 bits per heavy atom. The Hall–Kier alpha value is -0.550. The van der Waals surface area contributed by atoms with Crippen molar-refractivity contribution in [1.29, 1.82) is 0 Å². The summed E-state index contributed by atoms with van der Waals surface area (Å²) in [6, 6.07) is 6.77. The van der Waals surface area contributed by atoms with Gasteiger partial charge in [0.25, 0.3) is 0 Å². The molecule has 3 nitrogen and oxygen atoms in total. The monoisotopic (exact) mass is 406 g/mol. The zero-order valence-corrected chi connectivity index (χ0v) is 18.2. The first-order valence-electron chi connectivity index (χ1n) is 11.6. The fourth-order valence-electron chi connectivity index (χ4n) is 5.26. The third kappa shape index (κ3) is 8.06. The van der Waals surface area contributed by atoms with Gasteiger partial charge in [-0.25, -0.2) is 5.26 Å². The summed E-state index contributed by atoms with van der Waals surface area (Å²) in [7, 11) is 0. The van der Waals surface area contributed by atoms with Gasteiger partial charge >= 0.3 is 0 Å². The molecule has 0 spiro atoms. The Labute approximate surface area is 175 Å². The van der Waals surface area contributed by atoms with Crippen LogP contribution in [0.5, 0.6) is 0 Å². The van der Waals surface area contributed by atoms with E-state index in [0.717, 1.165) is 41.6 Å². The lowest BCUT2D eigenvalue weighted by Gasteiger charge is -2.21. The van der Waals surface area contributed by atoms with Crippen LogP contribution >= 0.6 is 12.0 Å². The second kappa shape index (κ2) is 12.9. The Kier molecular flexibility index (Phi) is 10.2. The highest BCUT2D eigenvalue weighted by molar-refractivity contribution is 7.94. The van der Waals surface area contributed by atoms with Crippen LogP contribution in [0.3, 0.4) is 0 Å². The zero-order valence-electron chi connectivity index (χ0n) is 17.4. The molecule has 4 heteroatoms. The van der Waals surface area contributed by atoms with Crippen molar-refractivity contribution in [3.05, 3.63) is 29.3 Å². The standard InChI is InChI=1S/C24H38O3S/c25-26-27-28-24-18-22(15-7-13-20-9-3-1-4-10-20)17-23(19-24)16-8-14-21-11-5-2-6-12-21/h17-21,25H,1-16H2. The van der Waals surface area contributed by atoms with Crippen LogP contribution in [-0.4, -0.2) is 5.26 Å². The molecule has 0 saturated heterocycles. The zero-order chi connectivity index (χ0) is 19.4. The van der Waals surface area contributed by atoms with Crippen LogP contribution in [0.15, 0.2) is 23.1 Å². The van der Waals surface area contributed by atoms with E-state index in [1.165, 1.54) is 101 Å². The van der Waals surface area contributed by atoms with Gasteiger partial charge in [0.05, 0.1) is 12.0 Å². The van der Waals surface area contributed by atoms with Gasteiger partial charge in [0, 0.05) is 4.90 Å². The van der Waals surface area contributed by atoms with Crippen LogP contribution < -0.4 is 0 Å². The molecule has 28 heavy (non-hydrogen) atoms. The first-order valence-corrected chi connectivity index (χ1v) is 12.4. The summed E-state index contributed by atoms with van der Waals surface area (Å²) in [5.74, 6) is 1.90. The van der Waals surface area contributed by atoms with Gasteiger partial charge in [-0.3, -0.25) is 0 Å². The Bertz CT molecular complexity index is 509. The SMILES string of the molecule is OOOSc1cc(CCCC2CCCCC2)cc(CCCC2CCCCC2)c1. The minimum atomic E-state index is 0.951. The average molecular weight is 407 g/mol. The van der Waals surface area contributed by atoms with Gasteiger partial charge in [-0.15, -0.1) is 4.33 Å². The summed E-state index contributed by atoms with van der Waals surface area (Å²) in [5.41, 5.74) is 2.80. The largest absolute Gasteiger partial charge is 0.220 e. The molecule has 1 N–H and O–H groups in total. The van der Waals surface area contributed by atoms with Crippen molar-refractivity contribution in [2.45, 2.75) is 108 Å².